The molecule has 1 aromatic carbocycles. The molecule has 24 heavy (non-hydrogen) atoms. The molecule has 1 aromatic heterocycles. The molecule has 122 valence electrons. The molecule has 5 heteroatoms. The molecule has 0 N–H and O–H groups in total. The summed E-state index contributed by atoms with van der Waals surface area (Å²) in [6, 6.07) is 10.9. The van der Waals surface area contributed by atoms with Crippen molar-refractivity contribution in [3.63, 3.8) is 0 Å². The number of halogens is 1. The van der Waals surface area contributed by atoms with Crippen LogP contribution in [0, 0.1) is 3.70 Å². The third kappa shape index (κ3) is 5.13. The minimum Gasteiger partial charge on any atom is -0.423 e. The highest BCUT2D eigenvalue weighted by Gasteiger charge is 2.08. The predicted octanol–water partition coefficient (Wildman–Crippen LogP) is 4.73. The Labute approximate surface area is 155 Å². The molecule has 0 spiro atoms. The Morgan fingerprint density at radius 1 is 1.12 bits per heavy atom. The molecule has 0 aliphatic carbocycles. The molecule has 0 bridgehead atoms. The quantitative estimate of drug-likeness (QED) is 0.225. The van der Waals surface area contributed by atoms with E-state index in [1.807, 2.05) is 50.3 Å². The number of rotatable bonds is 5. The van der Waals surface area contributed by atoms with Gasteiger partial charge in [-0.05, 0) is 78.9 Å². The summed E-state index contributed by atoms with van der Waals surface area (Å²) in [7, 11) is 0. The Hall–Kier alpha value is -2.28. The highest BCUT2D eigenvalue weighted by Crippen LogP contribution is 2.21. The molecule has 0 atom stereocenters. The zero-order chi connectivity index (χ0) is 17.5. The number of hydrogen-bond donors (Lipinski definition) is 0. The molecule has 0 fully saturated rings. The molecular formula is C19H17IN2O2. The first-order valence-electron chi connectivity index (χ1n) is 7.31. The summed E-state index contributed by atoms with van der Waals surface area (Å²) in [5, 5.41) is 8.14. The fraction of sp³-hybridized carbons (Fsp3) is 0.105. The van der Waals surface area contributed by atoms with E-state index in [9.17, 15) is 4.79 Å². The average Bonchev–Trinajstić information content (AvgIpc) is 2.60. The van der Waals surface area contributed by atoms with E-state index < -0.39 is 5.97 Å². The Morgan fingerprint density at radius 3 is 2.42 bits per heavy atom. The number of carbonyl (C=O) groups excluding carboxylic acids is 1. The standard InChI is InChI=1S/C19H17IN2O2/c1-4-13(2)5-6-14(3)19(23)24-16-9-7-15(8-10-16)17-11-12-18(20)22-21-17/h4-12H,3H2,1-2H3/b6-5-,13-4-. The first-order chi connectivity index (χ1) is 11.5. The number of esters is 1. The summed E-state index contributed by atoms with van der Waals surface area (Å²) in [6.45, 7) is 7.60. The summed E-state index contributed by atoms with van der Waals surface area (Å²) in [4.78, 5) is 12.0. The number of ether oxygens (including phenoxy) is 1. The van der Waals surface area contributed by atoms with Crippen molar-refractivity contribution in [1.29, 1.82) is 0 Å². The van der Waals surface area contributed by atoms with E-state index in [2.05, 4.69) is 39.4 Å². The lowest BCUT2D eigenvalue weighted by Crippen LogP contribution is -2.08. The van der Waals surface area contributed by atoms with Crippen LogP contribution in [0.3, 0.4) is 0 Å². The maximum Gasteiger partial charge on any atom is 0.342 e. The highest BCUT2D eigenvalue weighted by atomic mass is 127. The number of carbonyl (C=O) groups is 1. The molecule has 0 radical (unpaired) electrons. The molecule has 1 heterocycles. The van der Waals surface area contributed by atoms with Crippen LogP contribution in [-0.4, -0.2) is 16.2 Å². The van der Waals surface area contributed by atoms with Gasteiger partial charge in [0.2, 0.25) is 0 Å². The van der Waals surface area contributed by atoms with E-state index in [-0.39, 0.29) is 0 Å². The number of benzene rings is 1. The molecule has 0 unspecified atom stereocenters. The number of nitrogens with zero attached hydrogens (tertiary/aromatic N) is 2. The van der Waals surface area contributed by atoms with Crippen LogP contribution in [0.1, 0.15) is 13.8 Å². The predicted molar refractivity (Wildman–Crippen MR) is 104 cm³/mol. The molecule has 0 aliphatic heterocycles. The Bertz CT molecular complexity index is 791. The van der Waals surface area contributed by atoms with Crippen LogP contribution in [0.4, 0.5) is 0 Å². The van der Waals surface area contributed by atoms with Gasteiger partial charge in [-0.1, -0.05) is 24.3 Å². The summed E-state index contributed by atoms with van der Waals surface area (Å²) >= 11 is 2.11. The van der Waals surface area contributed by atoms with Crippen molar-refractivity contribution in [3.05, 3.63) is 76.1 Å². The van der Waals surface area contributed by atoms with Crippen molar-refractivity contribution in [2.24, 2.45) is 0 Å². The van der Waals surface area contributed by atoms with Crippen LogP contribution in [0.15, 0.2) is 72.4 Å². The van der Waals surface area contributed by atoms with Gasteiger partial charge in [-0.15, -0.1) is 10.2 Å². The van der Waals surface area contributed by atoms with Crippen molar-refractivity contribution >= 4 is 28.6 Å². The van der Waals surface area contributed by atoms with Crippen LogP contribution in [0.5, 0.6) is 5.75 Å². The van der Waals surface area contributed by atoms with Gasteiger partial charge in [0.1, 0.15) is 9.45 Å². The smallest absolute Gasteiger partial charge is 0.342 e. The van der Waals surface area contributed by atoms with Crippen LogP contribution < -0.4 is 4.74 Å². The second kappa shape index (κ2) is 8.54. The van der Waals surface area contributed by atoms with E-state index in [0.717, 1.165) is 20.5 Å². The number of allylic oxidation sites excluding steroid dienone is 3. The van der Waals surface area contributed by atoms with Crippen molar-refractivity contribution < 1.29 is 9.53 Å². The van der Waals surface area contributed by atoms with Crippen molar-refractivity contribution in [2.75, 3.05) is 0 Å². The third-order valence-corrected chi connectivity index (χ3v) is 3.83. The van der Waals surface area contributed by atoms with Gasteiger partial charge in [0, 0.05) is 5.56 Å². The third-order valence-electron chi connectivity index (χ3n) is 3.26. The van der Waals surface area contributed by atoms with Crippen LogP contribution in [0.2, 0.25) is 0 Å². The van der Waals surface area contributed by atoms with E-state index in [1.165, 1.54) is 0 Å². The molecular weight excluding hydrogens is 415 g/mol. The molecule has 0 saturated heterocycles. The van der Waals surface area contributed by atoms with Gasteiger partial charge in [0.05, 0.1) is 11.3 Å². The highest BCUT2D eigenvalue weighted by molar-refractivity contribution is 14.1. The summed E-state index contributed by atoms with van der Waals surface area (Å²) in [5.41, 5.74) is 3.01. The summed E-state index contributed by atoms with van der Waals surface area (Å²) in [6.07, 6.45) is 5.41. The first kappa shape index (κ1) is 18.1. The second-order valence-electron chi connectivity index (χ2n) is 5.05. The normalized spacial score (nSPS) is 11.5. The van der Waals surface area contributed by atoms with Gasteiger partial charge in [-0.2, -0.15) is 0 Å². The van der Waals surface area contributed by atoms with Gasteiger partial charge in [0.15, 0.2) is 0 Å². The lowest BCUT2D eigenvalue weighted by Gasteiger charge is -2.05. The minimum atomic E-state index is -0.475. The molecule has 2 rings (SSSR count). The van der Waals surface area contributed by atoms with E-state index in [0.29, 0.717) is 11.3 Å². The number of aromatic nitrogens is 2. The van der Waals surface area contributed by atoms with Crippen LogP contribution in [-0.2, 0) is 4.79 Å². The molecule has 0 aliphatic rings. The van der Waals surface area contributed by atoms with E-state index in [4.69, 9.17) is 4.74 Å². The zero-order valence-electron chi connectivity index (χ0n) is 13.5. The first-order valence-corrected chi connectivity index (χ1v) is 8.39. The van der Waals surface area contributed by atoms with Crippen LogP contribution >= 0.6 is 22.6 Å². The lowest BCUT2D eigenvalue weighted by atomic mass is 10.1. The second-order valence-corrected chi connectivity index (χ2v) is 6.15. The summed E-state index contributed by atoms with van der Waals surface area (Å²) < 4.78 is 6.14. The molecule has 4 nitrogen and oxygen atoms in total. The van der Waals surface area contributed by atoms with E-state index >= 15 is 0 Å². The monoisotopic (exact) mass is 432 g/mol. The fourth-order valence-corrected chi connectivity index (χ4v) is 2.02. The minimum absolute atomic E-state index is 0.295. The van der Waals surface area contributed by atoms with Gasteiger partial charge in [0.25, 0.3) is 0 Å². The van der Waals surface area contributed by atoms with Gasteiger partial charge >= 0.3 is 5.97 Å². The zero-order valence-corrected chi connectivity index (χ0v) is 15.6. The largest absolute Gasteiger partial charge is 0.423 e. The number of hydrogen-bond acceptors (Lipinski definition) is 4. The summed E-state index contributed by atoms with van der Waals surface area (Å²) in [5.74, 6) is -0.0171. The van der Waals surface area contributed by atoms with Crippen molar-refractivity contribution in [2.45, 2.75) is 13.8 Å². The average molecular weight is 432 g/mol. The maximum atomic E-state index is 12.0. The fourth-order valence-electron chi connectivity index (χ4n) is 1.73. The van der Waals surface area contributed by atoms with Crippen molar-refractivity contribution in [1.82, 2.24) is 10.2 Å². The molecule has 0 saturated carbocycles. The Balaban J connectivity index is 2.03. The van der Waals surface area contributed by atoms with Gasteiger partial charge in [-0.3, -0.25) is 0 Å². The van der Waals surface area contributed by atoms with Gasteiger partial charge < -0.3 is 4.74 Å². The Kier molecular flexibility index (Phi) is 6.43. The SMILES string of the molecule is C=C(/C=C\C(C)=C/C)C(=O)Oc1ccc(-c2ccc(I)nn2)cc1. The van der Waals surface area contributed by atoms with Crippen molar-refractivity contribution in [3.8, 4) is 17.0 Å². The Morgan fingerprint density at radius 2 is 1.83 bits per heavy atom. The van der Waals surface area contributed by atoms with Gasteiger partial charge in [-0.25, -0.2) is 4.79 Å². The lowest BCUT2D eigenvalue weighted by molar-refractivity contribution is -0.129. The molecule has 0 amide bonds. The van der Waals surface area contributed by atoms with Crippen LogP contribution in [0.25, 0.3) is 11.3 Å². The van der Waals surface area contributed by atoms with E-state index in [1.54, 1.807) is 18.2 Å². The topological polar surface area (TPSA) is 52.1 Å². The molecule has 2 aromatic rings. The maximum absolute atomic E-state index is 12.0.